The first-order valence-electron chi connectivity index (χ1n) is 7.08. The largest absolute Gasteiger partial charge is 0.391 e. The summed E-state index contributed by atoms with van der Waals surface area (Å²) in [4.78, 5) is 12.2. The molecule has 122 valence electrons. The lowest BCUT2D eigenvalue weighted by molar-refractivity contribution is -0.0756. The SMILES string of the molecule is CC#C[C@@]1(N)C(O)C([C@H](C)O)O[C@H]1n1cnc2cnc(N)nc21. The highest BCUT2D eigenvalue weighted by Crippen LogP contribution is 2.38. The molecule has 0 radical (unpaired) electrons. The fourth-order valence-electron chi connectivity index (χ4n) is 2.79. The first kappa shape index (κ1) is 15.6. The van der Waals surface area contributed by atoms with Gasteiger partial charge < -0.3 is 26.4 Å². The number of nitrogens with two attached hydrogens (primary N) is 2. The van der Waals surface area contributed by atoms with Gasteiger partial charge >= 0.3 is 0 Å². The summed E-state index contributed by atoms with van der Waals surface area (Å²) < 4.78 is 7.33. The quantitative estimate of drug-likeness (QED) is 0.503. The maximum absolute atomic E-state index is 10.5. The Hall–Kier alpha value is -2.25. The molecule has 2 aromatic rings. The Balaban J connectivity index is 2.14. The molecule has 23 heavy (non-hydrogen) atoms. The standard InChI is InChI=1S/C14H18N6O3/c1-3-4-14(16)10(22)9(7(2)21)23-12(14)20-6-18-8-5-17-13(15)19-11(8)20/h5-7,9-10,12,21-22H,16H2,1-2H3,(H2,15,17,19)/t7-,9?,10?,12+,14+/m0/s1. The van der Waals surface area contributed by atoms with Crippen molar-refractivity contribution in [3.8, 4) is 11.8 Å². The number of hydrogen-bond acceptors (Lipinski definition) is 8. The van der Waals surface area contributed by atoms with E-state index in [-0.39, 0.29) is 5.95 Å². The maximum atomic E-state index is 10.5. The van der Waals surface area contributed by atoms with Gasteiger partial charge in [-0.2, -0.15) is 4.98 Å². The first-order valence-corrected chi connectivity index (χ1v) is 7.08. The summed E-state index contributed by atoms with van der Waals surface area (Å²) in [6.45, 7) is 3.13. The van der Waals surface area contributed by atoms with Gasteiger partial charge in [0.1, 0.15) is 17.7 Å². The highest BCUT2D eigenvalue weighted by molar-refractivity contribution is 5.70. The summed E-state index contributed by atoms with van der Waals surface area (Å²) in [5.74, 6) is 5.57. The number of ether oxygens (including phenoxy) is 1. The number of hydrogen-bond donors (Lipinski definition) is 4. The Morgan fingerprint density at radius 2 is 2.22 bits per heavy atom. The molecule has 9 heteroatoms. The van der Waals surface area contributed by atoms with E-state index in [0.717, 1.165) is 0 Å². The van der Waals surface area contributed by atoms with Crippen molar-refractivity contribution in [3.63, 3.8) is 0 Å². The second-order valence-corrected chi connectivity index (χ2v) is 5.54. The zero-order chi connectivity index (χ0) is 16.8. The van der Waals surface area contributed by atoms with E-state index in [1.807, 2.05) is 0 Å². The van der Waals surface area contributed by atoms with Crippen LogP contribution in [0.1, 0.15) is 20.1 Å². The van der Waals surface area contributed by atoms with Crippen LogP contribution in [-0.2, 0) is 4.74 Å². The van der Waals surface area contributed by atoms with Crippen LogP contribution in [0.15, 0.2) is 12.5 Å². The maximum Gasteiger partial charge on any atom is 0.222 e. The summed E-state index contributed by atoms with van der Waals surface area (Å²) in [5, 5.41) is 20.3. The molecule has 0 amide bonds. The number of rotatable bonds is 2. The minimum Gasteiger partial charge on any atom is -0.391 e. The molecule has 0 spiro atoms. The summed E-state index contributed by atoms with van der Waals surface area (Å²) in [7, 11) is 0. The number of nitrogen functional groups attached to an aromatic ring is 1. The van der Waals surface area contributed by atoms with E-state index < -0.39 is 30.1 Å². The molecule has 1 fully saturated rings. The molecule has 6 N–H and O–H groups in total. The third-order valence-corrected chi connectivity index (χ3v) is 3.90. The van der Waals surface area contributed by atoms with Crippen LogP contribution in [0.25, 0.3) is 11.2 Å². The molecule has 1 aliphatic rings. The van der Waals surface area contributed by atoms with E-state index in [2.05, 4.69) is 26.8 Å². The lowest BCUT2D eigenvalue weighted by Crippen LogP contribution is -2.54. The van der Waals surface area contributed by atoms with Gasteiger partial charge in [-0.15, -0.1) is 5.92 Å². The Morgan fingerprint density at radius 1 is 1.48 bits per heavy atom. The summed E-state index contributed by atoms with van der Waals surface area (Å²) in [6, 6.07) is 0. The van der Waals surface area contributed by atoms with Crippen LogP contribution in [0, 0.1) is 11.8 Å². The van der Waals surface area contributed by atoms with E-state index in [9.17, 15) is 10.2 Å². The number of imidazole rings is 1. The van der Waals surface area contributed by atoms with Gasteiger partial charge in [0.05, 0.1) is 18.6 Å². The first-order chi connectivity index (χ1) is 10.9. The minimum absolute atomic E-state index is 0.0778. The molecule has 9 nitrogen and oxygen atoms in total. The van der Waals surface area contributed by atoms with Crippen molar-refractivity contribution in [3.05, 3.63) is 12.5 Å². The van der Waals surface area contributed by atoms with Crippen molar-refractivity contribution in [2.24, 2.45) is 5.73 Å². The molecule has 5 atom stereocenters. The zero-order valence-electron chi connectivity index (χ0n) is 12.7. The Labute approximate surface area is 132 Å². The van der Waals surface area contributed by atoms with Crippen LogP contribution in [0.2, 0.25) is 0 Å². The topological polar surface area (TPSA) is 145 Å². The average molecular weight is 318 g/mol. The molecule has 3 rings (SSSR count). The van der Waals surface area contributed by atoms with Crippen molar-refractivity contribution in [1.29, 1.82) is 0 Å². The van der Waals surface area contributed by atoms with Crippen molar-refractivity contribution < 1.29 is 14.9 Å². The monoisotopic (exact) mass is 318 g/mol. The van der Waals surface area contributed by atoms with E-state index in [4.69, 9.17) is 16.2 Å². The highest BCUT2D eigenvalue weighted by atomic mass is 16.5. The van der Waals surface area contributed by atoms with Crippen LogP contribution < -0.4 is 11.5 Å². The molecule has 0 aromatic carbocycles. The molecule has 0 bridgehead atoms. The van der Waals surface area contributed by atoms with Crippen LogP contribution >= 0.6 is 0 Å². The van der Waals surface area contributed by atoms with Gasteiger partial charge in [-0.25, -0.2) is 9.97 Å². The Morgan fingerprint density at radius 3 is 2.87 bits per heavy atom. The Kier molecular flexibility index (Phi) is 3.69. The molecule has 1 saturated heterocycles. The second-order valence-electron chi connectivity index (χ2n) is 5.54. The average Bonchev–Trinajstić information content (AvgIpc) is 3.00. The van der Waals surface area contributed by atoms with E-state index >= 15 is 0 Å². The van der Waals surface area contributed by atoms with Gasteiger partial charge in [0.2, 0.25) is 5.95 Å². The lowest BCUT2D eigenvalue weighted by atomic mass is 9.90. The molecule has 0 saturated carbocycles. The fraction of sp³-hybridized carbons (Fsp3) is 0.500. The molecular formula is C14H18N6O3. The molecule has 0 aliphatic carbocycles. The van der Waals surface area contributed by atoms with Crippen LogP contribution in [0.4, 0.5) is 5.95 Å². The molecular weight excluding hydrogens is 300 g/mol. The van der Waals surface area contributed by atoms with Crippen molar-refractivity contribution in [2.45, 2.75) is 43.9 Å². The third-order valence-electron chi connectivity index (χ3n) is 3.90. The predicted octanol–water partition coefficient (Wildman–Crippen LogP) is -1.23. The summed E-state index contributed by atoms with van der Waals surface area (Å²) in [5.41, 5.74) is 11.4. The predicted molar refractivity (Wildman–Crippen MR) is 81.7 cm³/mol. The second kappa shape index (κ2) is 5.43. The van der Waals surface area contributed by atoms with Gasteiger partial charge in [-0.3, -0.25) is 4.57 Å². The number of anilines is 1. The molecule has 2 aromatic heterocycles. The third kappa shape index (κ3) is 2.32. The van der Waals surface area contributed by atoms with Crippen molar-refractivity contribution in [2.75, 3.05) is 5.73 Å². The zero-order valence-corrected chi connectivity index (χ0v) is 12.7. The number of aliphatic hydroxyl groups is 2. The van der Waals surface area contributed by atoms with Crippen LogP contribution in [-0.4, -0.2) is 53.6 Å². The number of aliphatic hydroxyl groups excluding tert-OH is 2. The summed E-state index contributed by atoms with van der Waals surface area (Å²) in [6.07, 6.45) is -0.927. The van der Waals surface area contributed by atoms with Gasteiger partial charge in [-0.05, 0) is 13.8 Å². The van der Waals surface area contributed by atoms with E-state index in [1.165, 1.54) is 19.4 Å². The van der Waals surface area contributed by atoms with Crippen LogP contribution in [0.5, 0.6) is 0 Å². The number of aromatic nitrogens is 4. The molecule has 1 aliphatic heterocycles. The highest BCUT2D eigenvalue weighted by Gasteiger charge is 2.55. The van der Waals surface area contributed by atoms with Gasteiger partial charge in [0.15, 0.2) is 17.4 Å². The van der Waals surface area contributed by atoms with E-state index in [0.29, 0.717) is 11.2 Å². The number of nitrogens with zero attached hydrogens (tertiary/aromatic N) is 4. The van der Waals surface area contributed by atoms with Gasteiger partial charge in [-0.1, -0.05) is 5.92 Å². The fourth-order valence-corrected chi connectivity index (χ4v) is 2.79. The number of fused-ring (bicyclic) bond motifs is 1. The van der Waals surface area contributed by atoms with Crippen LogP contribution in [0.3, 0.4) is 0 Å². The normalized spacial score (nSPS) is 31.8. The van der Waals surface area contributed by atoms with Crippen molar-refractivity contribution >= 4 is 17.1 Å². The van der Waals surface area contributed by atoms with Gasteiger partial charge in [0.25, 0.3) is 0 Å². The van der Waals surface area contributed by atoms with Crippen molar-refractivity contribution in [1.82, 2.24) is 19.5 Å². The molecule has 3 heterocycles. The van der Waals surface area contributed by atoms with Gasteiger partial charge in [0, 0.05) is 0 Å². The molecule has 2 unspecified atom stereocenters. The summed E-state index contributed by atoms with van der Waals surface area (Å²) >= 11 is 0. The minimum atomic E-state index is -1.43. The van der Waals surface area contributed by atoms with E-state index in [1.54, 1.807) is 11.5 Å². The lowest BCUT2D eigenvalue weighted by Gasteiger charge is -2.27. The Bertz CT molecular complexity index is 795. The smallest absolute Gasteiger partial charge is 0.222 e.